The van der Waals surface area contributed by atoms with Gasteiger partial charge in [-0.2, -0.15) is 0 Å². The fourth-order valence-electron chi connectivity index (χ4n) is 2.69. The standard InChI is InChI=1S/C20H17FINO4S/c1-3-27-18-15(22)8-12(9-16(18)26-2)10-17-19(24)23(20(25)28-17)11-13-6-4-5-7-14(13)21/h4-10H,3,11H2,1-2H3/b17-10+. The van der Waals surface area contributed by atoms with Gasteiger partial charge in [0.25, 0.3) is 11.1 Å². The van der Waals surface area contributed by atoms with Crippen LogP contribution < -0.4 is 9.47 Å². The summed E-state index contributed by atoms with van der Waals surface area (Å²) < 4.78 is 25.7. The number of halogens is 2. The van der Waals surface area contributed by atoms with Crippen molar-refractivity contribution in [1.82, 2.24) is 4.90 Å². The van der Waals surface area contributed by atoms with Crippen LogP contribution in [0.4, 0.5) is 9.18 Å². The Morgan fingerprint density at radius 2 is 2.00 bits per heavy atom. The van der Waals surface area contributed by atoms with Gasteiger partial charge in [-0.3, -0.25) is 14.5 Å². The van der Waals surface area contributed by atoms with Crippen LogP contribution in [0.25, 0.3) is 6.08 Å². The van der Waals surface area contributed by atoms with Crippen molar-refractivity contribution in [3.63, 3.8) is 0 Å². The first-order valence-corrected chi connectivity index (χ1v) is 10.3. The van der Waals surface area contributed by atoms with E-state index in [1.54, 1.807) is 37.5 Å². The molecule has 2 aromatic rings. The maximum Gasteiger partial charge on any atom is 0.293 e. The normalized spacial score (nSPS) is 15.4. The summed E-state index contributed by atoms with van der Waals surface area (Å²) in [5, 5.41) is -0.424. The molecule has 0 bridgehead atoms. The van der Waals surface area contributed by atoms with Crippen LogP contribution in [-0.2, 0) is 11.3 Å². The quantitative estimate of drug-likeness (QED) is 0.399. The maximum atomic E-state index is 13.9. The lowest BCUT2D eigenvalue weighted by Gasteiger charge is -2.13. The van der Waals surface area contributed by atoms with Crippen LogP contribution in [0, 0.1) is 9.39 Å². The highest BCUT2D eigenvalue weighted by molar-refractivity contribution is 14.1. The van der Waals surface area contributed by atoms with Crippen LogP contribution in [0.15, 0.2) is 41.3 Å². The van der Waals surface area contributed by atoms with Gasteiger partial charge in [-0.05, 0) is 71.1 Å². The highest BCUT2D eigenvalue weighted by Crippen LogP contribution is 2.37. The van der Waals surface area contributed by atoms with Crippen molar-refractivity contribution >= 4 is 51.6 Å². The molecule has 0 unspecified atom stereocenters. The summed E-state index contributed by atoms with van der Waals surface area (Å²) in [5.74, 6) is 0.290. The van der Waals surface area contributed by atoms with E-state index in [1.807, 2.05) is 13.0 Å². The van der Waals surface area contributed by atoms with Crippen molar-refractivity contribution < 1.29 is 23.5 Å². The number of hydrogen-bond acceptors (Lipinski definition) is 5. The van der Waals surface area contributed by atoms with Gasteiger partial charge in [-0.25, -0.2) is 4.39 Å². The monoisotopic (exact) mass is 513 g/mol. The number of ether oxygens (including phenoxy) is 2. The predicted molar refractivity (Wildman–Crippen MR) is 115 cm³/mol. The number of thioether (sulfide) groups is 1. The van der Waals surface area contributed by atoms with Crippen LogP contribution in [0.5, 0.6) is 11.5 Å². The van der Waals surface area contributed by atoms with Crippen molar-refractivity contribution in [3.8, 4) is 11.5 Å². The van der Waals surface area contributed by atoms with Gasteiger partial charge in [0, 0.05) is 5.56 Å². The molecule has 2 aromatic carbocycles. The topological polar surface area (TPSA) is 55.8 Å². The summed E-state index contributed by atoms with van der Waals surface area (Å²) in [6.07, 6.45) is 1.63. The highest BCUT2D eigenvalue weighted by atomic mass is 127. The Balaban J connectivity index is 1.87. The largest absolute Gasteiger partial charge is 0.493 e. The second-order valence-corrected chi connectivity index (χ2v) is 7.98. The molecule has 1 heterocycles. The Hall–Kier alpha value is -2.07. The van der Waals surface area contributed by atoms with Gasteiger partial charge in [-0.1, -0.05) is 18.2 Å². The Labute approximate surface area is 180 Å². The van der Waals surface area contributed by atoms with E-state index in [4.69, 9.17) is 9.47 Å². The van der Waals surface area contributed by atoms with E-state index in [-0.39, 0.29) is 11.4 Å². The molecule has 0 spiro atoms. The number of methoxy groups -OCH3 is 1. The summed E-state index contributed by atoms with van der Waals surface area (Å²) in [6.45, 7) is 2.29. The zero-order chi connectivity index (χ0) is 20.3. The Morgan fingerprint density at radius 1 is 1.25 bits per heavy atom. The number of carbonyl (C=O) groups excluding carboxylic acids is 2. The molecule has 5 nitrogen and oxygen atoms in total. The Bertz CT molecular complexity index is 963. The first kappa shape index (κ1) is 20.7. The van der Waals surface area contributed by atoms with E-state index >= 15 is 0 Å². The fourth-order valence-corrected chi connectivity index (χ4v) is 4.31. The molecule has 1 aliphatic rings. The van der Waals surface area contributed by atoms with Gasteiger partial charge >= 0.3 is 0 Å². The average molecular weight is 513 g/mol. The number of imide groups is 1. The van der Waals surface area contributed by atoms with E-state index in [0.717, 1.165) is 20.2 Å². The molecule has 0 radical (unpaired) electrons. The highest BCUT2D eigenvalue weighted by Gasteiger charge is 2.35. The SMILES string of the molecule is CCOc1c(I)cc(/C=C2/SC(=O)N(Cc3ccccc3F)C2=O)cc1OC. The lowest BCUT2D eigenvalue weighted by molar-refractivity contribution is -0.123. The summed E-state index contributed by atoms with van der Waals surface area (Å²) in [4.78, 5) is 26.3. The first-order chi connectivity index (χ1) is 13.4. The number of carbonyl (C=O) groups is 2. The minimum atomic E-state index is -0.448. The molecule has 0 N–H and O–H groups in total. The second-order valence-electron chi connectivity index (χ2n) is 5.83. The zero-order valence-corrected chi connectivity index (χ0v) is 18.2. The molecule has 1 aliphatic heterocycles. The van der Waals surface area contributed by atoms with Gasteiger partial charge in [0.2, 0.25) is 0 Å². The minimum Gasteiger partial charge on any atom is -0.493 e. The molecule has 0 atom stereocenters. The lowest BCUT2D eigenvalue weighted by Crippen LogP contribution is -2.27. The molecule has 28 heavy (non-hydrogen) atoms. The number of amides is 2. The van der Waals surface area contributed by atoms with Crippen molar-refractivity contribution in [3.05, 3.63) is 61.8 Å². The summed E-state index contributed by atoms with van der Waals surface area (Å²) in [5.41, 5.74) is 1.00. The van der Waals surface area contributed by atoms with Crippen LogP contribution >= 0.6 is 34.4 Å². The average Bonchev–Trinajstić information content (AvgIpc) is 2.92. The van der Waals surface area contributed by atoms with Gasteiger partial charge in [-0.15, -0.1) is 0 Å². The molecule has 1 saturated heterocycles. The summed E-state index contributed by atoms with van der Waals surface area (Å²) in [7, 11) is 1.54. The van der Waals surface area contributed by atoms with Gasteiger partial charge < -0.3 is 9.47 Å². The number of rotatable bonds is 6. The first-order valence-electron chi connectivity index (χ1n) is 8.43. The fraction of sp³-hybridized carbons (Fsp3) is 0.200. The van der Waals surface area contributed by atoms with E-state index in [2.05, 4.69) is 22.6 Å². The van der Waals surface area contributed by atoms with E-state index < -0.39 is 17.0 Å². The van der Waals surface area contributed by atoms with Crippen molar-refractivity contribution in [2.24, 2.45) is 0 Å². The molecular formula is C20H17FINO4S. The molecule has 3 rings (SSSR count). The number of hydrogen-bond donors (Lipinski definition) is 0. The van der Waals surface area contributed by atoms with E-state index in [1.165, 1.54) is 6.07 Å². The van der Waals surface area contributed by atoms with Crippen molar-refractivity contribution in [2.45, 2.75) is 13.5 Å². The third kappa shape index (κ3) is 4.33. The molecule has 0 aromatic heterocycles. The third-order valence-corrected chi connectivity index (χ3v) is 5.71. The van der Waals surface area contributed by atoms with Crippen LogP contribution in [0.3, 0.4) is 0 Å². The molecule has 8 heteroatoms. The van der Waals surface area contributed by atoms with Gasteiger partial charge in [0.05, 0.1) is 28.7 Å². The Morgan fingerprint density at radius 3 is 2.68 bits per heavy atom. The number of benzene rings is 2. The van der Waals surface area contributed by atoms with Crippen LogP contribution in [0.1, 0.15) is 18.1 Å². The summed E-state index contributed by atoms with van der Waals surface area (Å²) in [6, 6.07) is 9.69. The van der Waals surface area contributed by atoms with Gasteiger partial charge in [0.1, 0.15) is 5.82 Å². The molecular weight excluding hydrogens is 496 g/mol. The van der Waals surface area contributed by atoms with Crippen molar-refractivity contribution in [1.29, 1.82) is 0 Å². The second kappa shape index (κ2) is 8.95. The molecule has 1 fully saturated rings. The van der Waals surface area contributed by atoms with Crippen molar-refractivity contribution in [2.75, 3.05) is 13.7 Å². The molecule has 146 valence electrons. The van der Waals surface area contributed by atoms with Crippen LogP contribution in [-0.4, -0.2) is 29.8 Å². The predicted octanol–water partition coefficient (Wildman–Crippen LogP) is 5.07. The molecule has 0 saturated carbocycles. The lowest BCUT2D eigenvalue weighted by atomic mass is 10.1. The third-order valence-electron chi connectivity index (χ3n) is 4.00. The maximum absolute atomic E-state index is 13.9. The molecule has 2 amide bonds. The minimum absolute atomic E-state index is 0.0984. The Kier molecular flexibility index (Phi) is 6.61. The van der Waals surface area contributed by atoms with Crippen LogP contribution in [0.2, 0.25) is 0 Å². The molecule has 0 aliphatic carbocycles. The van der Waals surface area contributed by atoms with E-state index in [9.17, 15) is 14.0 Å². The number of nitrogens with zero attached hydrogens (tertiary/aromatic N) is 1. The van der Waals surface area contributed by atoms with E-state index in [0.29, 0.717) is 29.2 Å². The zero-order valence-electron chi connectivity index (χ0n) is 15.2. The van der Waals surface area contributed by atoms with Gasteiger partial charge in [0.15, 0.2) is 11.5 Å². The summed E-state index contributed by atoms with van der Waals surface area (Å²) >= 11 is 2.97. The smallest absolute Gasteiger partial charge is 0.293 e.